The van der Waals surface area contributed by atoms with Crippen LogP contribution in [0.5, 0.6) is 5.75 Å². The molecule has 0 bridgehead atoms. The minimum Gasteiger partial charge on any atom is -0.483 e. The Labute approximate surface area is 165 Å². The van der Waals surface area contributed by atoms with Crippen molar-refractivity contribution >= 4 is 11.8 Å². The van der Waals surface area contributed by atoms with Gasteiger partial charge in [-0.2, -0.15) is 0 Å². The number of hydrogen-bond donors (Lipinski definition) is 3. The zero-order chi connectivity index (χ0) is 19.8. The summed E-state index contributed by atoms with van der Waals surface area (Å²) in [6.45, 7) is 2.44. The molecule has 3 rings (SSSR count). The molecule has 1 unspecified atom stereocenters. The zero-order valence-corrected chi connectivity index (χ0v) is 16.1. The largest absolute Gasteiger partial charge is 0.483 e. The molecule has 1 aromatic carbocycles. The predicted octanol–water partition coefficient (Wildman–Crippen LogP) is 0.485. The third kappa shape index (κ3) is 5.67. The molecule has 2 aliphatic rings. The van der Waals surface area contributed by atoms with Gasteiger partial charge in [0.15, 0.2) is 6.61 Å². The van der Waals surface area contributed by atoms with E-state index in [2.05, 4.69) is 10.6 Å². The van der Waals surface area contributed by atoms with E-state index in [9.17, 15) is 9.59 Å². The Kier molecular flexibility index (Phi) is 7.24. The Balaban J connectivity index is 1.47. The van der Waals surface area contributed by atoms with Crippen LogP contribution in [0, 0.1) is 0 Å². The molecule has 4 N–H and O–H groups in total. The Morgan fingerprint density at radius 2 is 1.96 bits per heavy atom. The van der Waals surface area contributed by atoms with Crippen LogP contribution in [0.4, 0.5) is 0 Å². The van der Waals surface area contributed by atoms with E-state index in [0.717, 1.165) is 25.0 Å². The Hall–Kier alpha value is -2.16. The number of rotatable bonds is 8. The van der Waals surface area contributed by atoms with Crippen molar-refractivity contribution in [3.05, 3.63) is 29.8 Å². The lowest BCUT2D eigenvalue weighted by Crippen LogP contribution is -2.56. The van der Waals surface area contributed by atoms with Gasteiger partial charge in [-0.25, -0.2) is 0 Å². The first-order valence-corrected chi connectivity index (χ1v) is 9.81. The van der Waals surface area contributed by atoms with Gasteiger partial charge in [0.1, 0.15) is 5.75 Å². The quantitative estimate of drug-likeness (QED) is 0.594. The highest BCUT2D eigenvalue weighted by atomic mass is 16.5. The van der Waals surface area contributed by atoms with Gasteiger partial charge in [-0.15, -0.1) is 0 Å². The van der Waals surface area contributed by atoms with Crippen LogP contribution in [0.25, 0.3) is 0 Å². The molecule has 8 nitrogen and oxygen atoms in total. The number of ether oxygens (including phenoxy) is 3. The van der Waals surface area contributed by atoms with Crippen molar-refractivity contribution in [1.82, 2.24) is 10.6 Å². The highest BCUT2D eigenvalue weighted by Crippen LogP contribution is 2.20. The van der Waals surface area contributed by atoms with E-state index in [1.165, 1.54) is 0 Å². The van der Waals surface area contributed by atoms with E-state index in [0.29, 0.717) is 38.3 Å². The van der Waals surface area contributed by atoms with Gasteiger partial charge in [-0.3, -0.25) is 9.59 Å². The van der Waals surface area contributed by atoms with Crippen LogP contribution in [-0.2, 0) is 25.6 Å². The maximum Gasteiger partial charge on any atom is 0.258 e. The van der Waals surface area contributed by atoms with Crippen molar-refractivity contribution in [3.8, 4) is 5.75 Å². The van der Waals surface area contributed by atoms with Gasteiger partial charge in [-0.1, -0.05) is 18.2 Å². The van der Waals surface area contributed by atoms with Gasteiger partial charge >= 0.3 is 0 Å². The van der Waals surface area contributed by atoms with Crippen LogP contribution in [0.2, 0.25) is 0 Å². The van der Waals surface area contributed by atoms with Gasteiger partial charge in [0, 0.05) is 38.5 Å². The van der Waals surface area contributed by atoms with E-state index in [1.54, 1.807) is 6.07 Å². The van der Waals surface area contributed by atoms with Gasteiger partial charge in [0.25, 0.3) is 5.91 Å². The molecule has 2 amide bonds. The lowest BCUT2D eigenvalue weighted by molar-refractivity contribution is -0.130. The molecule has 0 aromatic heterocycles. The molecular formula is C20H29N3O5. The fraction of sp³-hybridized carbons (Fsp3) is 0.600. The summed E-state index contributed by atoms with van der Waals surface area (Å²) >= 11 is 0. The number of carbonyl (C=O) groups is 2. The molecule has 2 saturated heterocycles. The molecular weight excluding hydrogens is 362 g/mol. The van der Waals surface area contributed by atoms with Crippen LogP contribution in [0.1, 0.15) is 31.2 Å². The van der Waals surface area contributed by atoms with Gasteiger partial charge in [0.2, 0.25) is 5.91 Å². The maximum absolute atomic E-state index is 12.5. The molecule has 28 heavy (non-hydrogen) atoms. The van der Waals surface area contributed by atoms with Gasteiger partial charge < -0.3 is 30.6 Å². The molecule has 1 aromatic rings. The van der Waals surface area contributed by atoms with E-state index in [-0.39, 0.29) is 31.1 Å². The molecule has 0 aliphatic carbocycles. The van der Waals surface area contributed by atoms with Crippen LogP contribution in [0.15, 0.2) is 24.3 Å². The zero-order valence-electron chi connectivity index (χ0n) is 16.1. The average molecular weight is 391 g/mol. The van der Waals surface area contributed by atoms with Gasteiger partial charge in [-0.05, 0) is 31.7 Å². The summed E-state index contributed by atoms with van der Waals surface area (Å²) in [7, 11) is 0. The Morgan fingerprint density at radius 3 is 2.71 bits per heavy atom. The predicted molar refractivity (Wildman–Crippen MR) is 103 cm³/mol. The molecule has 1 atom stereocenters. The number of benzene rings is 1. The maximum atomic E-state index is 12.5. The third-order valence-corrected chi connectivity index (χ3v) is 5.16. The van der Waals surface area contributed by atoms with Crippen molar-refractivity contribution in [3.63, 3.8) is 0 Å². The lowest BCUT2D eigenvalue weighted by Gasteiger charge is -2.31. The third-order valence-electron chi connectivity index (χ3n) is 5.16. The lowest BCUT2D eigenvalue weighted by atomic mass is 9.90. The highest BCUT2D eigenvalue weighted by molar-refractivity contribution is 5.86. The number of hydrogen-bond acceptors (Lipinski definition) is 6. The average Bonchev–Trinajstić information content (AvgIpc) is 3.23. The van der Waals surface area contributed by atoms with E-state index < -0.39 is 5.54 Å². The van der Waals surface area contributed by atoms with Crippen LogP contribution in [0.3, 0.4) is 0 Å². The molecule has 154 valence electrons. The van der Waals surface area contributed by atoms with Crippen LogP contribution >= 0.6 is 0 Å². The van der Waals surface area contributed by atoms with Crippen molar-refractivity contribution < 1.29 is 23.8 Å². The second-order valence-electron chi connectivity index (χ2n) is 7.29. The Bertz CT molecular complexity index is 670. The molecule has 0 saturated carbocycles. The standard InChI is InChI=1S/C20H29N3O5/c21-20(7-10-26-11-8-20)19(25)23-12-15-4-1-2-6-17(15)28-14-18(24)22-13-16-5-3-9-27-16/h1-2,4,6,16H,3,5,7-14,21H2,(H,22,24)(H,23,25). The highest BCUT2D eigenvalue weighted by Gasteiger charge is 2.35. The summed E-state index contributed by atoms with van der Waals surface area (Å²) in [5.41, 5.74) is 6.10. The summed E-state index contributed by atoms with van der Waals surface area (Å²) in [5.74, 6) is 0.172. The Morgan fingerprint density at radius 1 is 1.18 bits per heavy atom. The molecule has 0 radical (unpaired) electrons. The van der Waals surface area contributed by atoms with E-state index in [1.807, 2.05) is 18.2 Å². The second-order valence-corrected chi connectivity index (χ2v) is 7.29. The molecule has 2 heterocycles. The minimum atomic E-state index is -0.893. The normalized spacial score (nSPS) is 21.1. The van der Waals surface area contributed by atoms with Crippen molar-refractivity contribution in [2.45, 2.75) is 43.9 Å². The fourth-order valence-corrected chi connectivity index (χ4v) is 3.33. The number of amides is 2. The second kappa shape index (κ2) is 9.86. The molecule has 2 fully saturated rings. The topological polar surface area (TPSA) is 112 Å². The monoisotopic (exact) mass is 391 g/mol. The number of carbonyl (C=O) groups excluding carboxylic acids is 2. The smallest absolute Gasteiger partial charge is 0.258 e. The van der Waals surface area contributed by atoms with Crippen molar-refractivity contribution in [1.29, 1.82) is 0 Å². The van der Waals surface area contributed by atoms with Crippen LogP contribution in [-0.4, -0.2) is 56.4 Å². The summed E-state index contributed by atoms with van der Waals surface area (Å²) in [6, 6.07) is 7.32. The fourth-order valence-electron chi connectivity index (χ4n) is 3.33. The van der Waals surface area contributed by atoms with Gasteiger partial charge in [0.05, 0.1) is 11.6 Å². The first kappa shape index (κ1) is 20.6. The number of nitrogens with one attached hydrogen (secondary N) is 2. The number of nitrogens with two attached hydrogens (primary N) is 1. The van der Waals surface area contributed by atoms with E-state index in [4.69, 9.17) is 19.9 Å². The van der Waals surface area contributed by atoms with Crippen molar-refractivity contribution in [2.24, 2.45) is 5.73 Å². The SMILES string of the molecule is NC1(C(=O)NCc2ccccc2OCC(=O)NCC2CCCO2)CCOCC1. The van der Waals surface area contributed by atoms with Crippen LogP contribution < -0.4 is 21.1 Å². The van der Waals surface area contributed by atoms with E-state index >= 15 is 0 Å². The minimum absolute atomic E-state index is 0.0875. The van der Waals surface area contributed by atoms with Crippen molar-refractivity contribution in [2.75, 3.05) is 33.0 Å². The molecule has 0 spiro atoms. The number of para-hydroxylation sites is 1. The summed E-state index contributed by atoms with van der Waals surface area (Å²) in [4.78, 5) is 24.5. The summed E-state index contributed by atoms with van der Waals surface area (Å²) in [6.07, 6.45) is 3.11. The molecule has 2 aliphatic heterocycles. The first-order valence-electron chi connectivity index (χ1n) is 9.81. The summed E-state index contributed by atoms with van der Waals surface area (Å²) < 4.78 is 16.4. The first-order chi connectivity index (χ1) is 13.6. The molecule has 8 heteroatoms. The summed E-state index contributed by atoms with van der Waals surface area (Å²) in [5, 5.41) is 5.71.